The van der Waals surface area contributed by atoms with Crippen molar-refractivity contribution in [1.29, 1.82) is 0 Å². The summed E-state index contributed by atoms with van der Waals surface area (Å²) in [6, 6.07) is 21.5. The first-order chi connectivity index (χ1) is 32.4. The molecule has 8 aromatic rings. The number of benzene rings is 3. The molecular weight excluding hydrogens is 856 g/mol. The number of rotatable bonds is 7. The molecule has 3 aromatic carbocycles. The zero-order chi connectivity index (χ0) is 46.7. The van der Waals surface area contributed by atoms with Gasteiger partial charge in [-0.05, 0) is 134 Å². The van der Waals surface area contributed by atoms with E-state index < -0.39 is 11.7 Å². The first kappa shape index (κ1) is 44.2. The van der Waals surface area contributed by atoms with Crippen LogP contribution < -0.4 is 4.74 Å². The van der Waals surface area contributed by atoms with Gasteiger partial charge in [-0.15, -0.1) is 0 Å². The van der Waals surface area contributed by atoms with Crippen molar-refractivity contribution in [2.45, 2.75) is 58.0 Å². The number of ketones is 1. The number of hydrogen-bond acceptors (Lipinski definition) is 8. The van der Waals surface area contributed by atoms with E-state index in [4.69, 9.17) is 4.74 Å². The first-order valence-electron chi connectivity index (χ1n) is 21.9. The molecule has 0 spiro atoms. The molecule has 10 rings (SSSR count). The first-order valence-corrected chi connectivity index (χ1v) is 21.9. The Morgan fingerprint density at radius 2 is 1.40 bits per heavy atom. The lowest BCUT2D eigenvalue weighted by Gasteiger charge is -2.30. The van der Waals surface area contributed by atoms with Crippen LogP contribution >= 0.6 is 0 Å². The summed E-state index contributed by atoms with van der Waals surface area (Å²) in [5.74, 6) is 13.6. The van der Waals surface area contributed by atoms with E-state index in [0.717, 1.165) is 79.1 Å². The number of amides is 1. The highest BCUT2D eigenvalue weighted by Gasteiger charge is 2.32. The maximum Gasteiger partial charge on any atom is 0.416 e. The Balaban J connectivity index is 0.000000181. The molecule has 0 bridgehead atoms. The topological polar surface area (TPSA) is 125 Å². The van der Waals surface area contributed by atoms with Crippen LogP contribution in [0, 0.1) is 36.5 Å². The Hall–Kier alpha value is -8.04. The highest BCUT2D eigenvalue weighted by Crippen LogP contribution is 2.39. The SMILES string of the molecule is COc1ccc(C(=O)Cc2cc(-n3cnc(C4CC4)c3)cc(C(F)(F)F)c2)cc1C#Cc1cnc2cccnn12.Cc1ccc(C(=O)N2CCC(C)CC2)cc1C#Cc1cnc2cccnn12. The van der Waals surface area contributed by atoms with Gasteiger partial charge < -0.3 is 14.2 Å². The fourth-order valence-corrected chi connectivity index (χ4v) is 7.80. The summed E-state index contributed by atoms with van der Waals surface area (Å²) in [5, 5.41) is 8.52. The van der Waals surface area contributed by atoms with E-state index in [1.54, 1.807) is 81.0 Å². The quantitative estimate of drug-likeness (QED) is 0.115. The van der Waals surface area contributed by atoms with Crippen molar-refractivity contribution >= 4 is 23.0 Å². The van der Waals surface area contributed by atoms with Gasteiger partial charge in [-0.1, -0.05) is 24.8 Å². The van der Waals surface area contributed by atoms with Gasteiger partial charge in [0.25, 0.3) is 5.91 Å². The number of nitrogens with zero attached hydrogens (tertiary/aromatic N) is 9. The lowest BCUT2D eigenvalue weighted by Crippen LogP contribution is -2.37. The van der Waals surface area contributed by atoms with Crippen LogP contribution in [0.4, 0.5) is 13.2 Å². The van der Waals surface area contributed by atoms with Crippen LogP contribution in [0.5, 0.6) is 5.75 Å². The van der Waals surface area contributed by atoms with Gasteiger partial charge in [0.1, 0.15) is 17.1 Å². The molecule has 2 aliphatic rings. The normalized spacial score (nSPS) is 13.9. The molecule has 5 aromatic heterocycles. The molecule has 1 saturated heterocycles. The zero-order valence-corrected chi connectivity index (χ0v) is 37.0. The summed E-state index contributed by atoms with van der Waals surface area (Å²) < 4.78 is 51.6. The van der Waals surface area contributed by atoms with Gasteiger partial charge in [0, 0.05) is 66.4 Å². The average molecular weight is 900 g/mol. The smallest absolute Gasteiger partial charge is 0.416 e. The van der Waals surface area contributed by atoms with Crippen molar-refractivity contribution in [1.82, 2.24) is 43.6 Å². The van der Waals surface area contributed by atoms with Gasteiger partial charge >= 0.3 is 6.18 Å². The van der Waals surface area contributed by atoms with Gasteiger partial charge in [0.05, 0.1) is 42.7 Å². The molecule has 6 heterocycles. The number of carbonyl (C=O) groups is 2. The number of imidazole rings is 3. The minimum atomic E-state index is -4.57. The van der Waals surface area contributed by atoms with E-state index in [-0.39, 0.29) is 23.7 Å². The standard InChI is InChI=1S/C30H22F3N5O2.C22H22N4O/c1-40-28-9-7-21(14-22(28)6-8-24-16-34-29-3-2-10-36-38(24)29)27(39)13-19-11-23(30(31,32)33)15-25(12-19)37-17-26(35-18-37)20-4-5-20;1-16-9-12-25(13-10-16)22(27)19-6-5-17(2)18(14-19)7-8-20-15-23-21-4-3-11-24-26(20)21/h2-3,7,9-12,14-18,20H,4-5,13H2,1H3;3-6,11,14-16H,9-10,12-13H2,1-2H3. The van der Waals surface area contributed by atoms with E-state index in [9.17, 15) is 22.8 Å². The van der Waals surface area contributed by atoms with E-state index in [1.165, 1.54) is 13.4 Å². The van der Waals surface area contributed by atoms with Crippen LogP contribution in [0.25, 0.3) is 17.0 Å². The van der Waals surface area contributed by atoms with Crippen molar-refractivity contribution < 1.29 is 27.5 Å². The van der Waals surface area contributed by atoms with Crippen molar-refractivity contribution in [2.24, 2.45) is 5.92 Å². The molecular formula is C52H44F3N9O3. The zero-order valence-electron chi connectivity index (χ0n) is 37.0. The van der Waals surface area contributed by atoms with E-state index in [2.05, 4.69) is 55.8 Å². The molecule has 1 amide bonds. The Morgan fingerprint density at radius 1 is 0.761 bits per heavy atom. The lowest BCUT2D eigenvalue weighted by atomic mass is 9.98. The molecule has 2 fully saturated rings. The van der Waals surface area contributed by atoms with Gasteiger partial charge in [-0.2, -0.15) is 23.4 Å². The Morgan fingerprint density at radius 3 is 2.04 bits per heavy atom. The predicted octanol–water partition coefficient (Wildman–Crippen LogP) is 8.95. The third-order valence-electron chi connectivity index (χ3n) is 11.8. The molecule has 0 N–H and O–H groups in total. The number of Topliss-reactive ketones (excluding diaryl/α,β-unsaturated/α-hetero) is 1. The monoisotopic (exact) mass is 899 g/mol. The minimum absolute atomic E-state index is 0.0985. The van der Waals surface area contributed by atoms with E-state index in [0.29, 0.717) is 51.3 Å². The molecule has 12 nitrogen and oxygen atoms in total. The van der Waals surface area contributed by atoms with Crippen LogP contribution in [-0.2, 0) is 12.6 Å². The van der Waals surface area contributed by atoms with Crippen molar-refractivity contribution in [2.75, 3.05) is 20.2 Å². The number of alkyl halides is 3. The number of fused-ring (bicyclic) bond motifs is 2. The second-order valence-electron chi connectivity index (χ2n) is 16.8. The molecule has 1 saturated carbocycles. The fraction of sp³-hybridized carbons (Fsp3) is 0.250. The largest absolute Gasteiger partial charge is 0.495 e. The van der Waals surface area contributed by atoms with Crippen LogP contribution in [-0.4, -0.2) is 75.5 Å². The van der Waals surface area contributed by atoms with Crippen molar-refractivity contribution in [3.8, 4) is 35.1 Å². The summed E-state index contributed by atoms with van der Waals surface area (Å²) in [6.45, 7) is 5.93. The summed E-state index contributed by atoms with van der Waals surface area (Å²) in [4.78, 5) is 41.0. The van der Waals surface area contributed by atoms with Crippen LogP contribution in [0.1, 0.15) is 104 Å². The van der Waals surface area contributed by atoms with Crippen molar-refractivity contribution in [3.05, 3.63) is 172 Å². The maximum absolute atomic E-state index is 13.8. The molecule has 15 heteroatoms. The molecule has 67 heavy (non-hydrogen) atoms. The summed E-state index contributed by atoms with van der Waals surface area (Å²) in [5.41, 5.74) is 6.65. The maximum atomic E-state index is 13.8. The predicted molar refractivity (Wildman–Crippen MR) is 245 cm³/mol. The second-order valence-corrected chi connectivity index (χ2v) is 16.8. The van der Waals surface area contributed by atoms with Gasteiger partial charge in [-0.3, -0.25) is 9.59 Å². The minimum Gasteiger partial charge on any atom is -0.495 e. The van der Waals surface area contributed by atoms with Crippen LogP contribution in [0.2, 0.25) is 0 Å². The Bertz CT molecular complexity index is 3280. The second kappa shape index (κ2) is 18.8. The molecule has 0 atom stereocenters. The highest BCUT2D eigenvalue weighted by atomic mass is 19.4. The number of aromatic nitrogens is 8. The third kappa shape index (κ3) is 10.1. The number of carbonyl (C=O) groups excluding carboxylic acids is 2. The molecule has 0 radical (unpaired) electrons. The lowest BCUT2D eigenvalue weighted by molar-refractivity contribution is -0.137. The summed E-state index contributed by atoms with van der Waals surface area (Å²) >= 11 is 0. The number of likely N-dealkylation sites (tertiary alicyclic amines) is 1. The number of methoxy groups -OCH3 is 1. The number of ether oxygens (including phenoxy) is 1. The van der Waals surface area contributed by atoms with E-state index >= 15 is 0 Å². The molecule has 1 aliphatic carbocycles. The fourth-order valence-electron chi connectivity index (χ4n) is 7.80. The third-order valence-corrected chi connectivity index (χ3v) is 11.8. The van der Waals surface area contributed by atoms with Gasteiger partial charge in [-0.25, -0.2) is 24.0 Å². The Kier molecular flexibility index (Phi) is 12.4. The van der Waals surface area contributed by atoms with Crippen molar-refractivity contribution in [3.63, 3.8) is 0 Å². The molecule has 0 unspecified atom stereocenters. The molecule has 1 aliphatic heterocycles. The highest BCUT2D eigenvalue weighted by molar-refractivity contribution is 5.98. The van der Waals surface area contributed by atoms with Gasteiger partial charge in [0.2, 0.25) is 0 Å². The number of aryl methyl sites for hydroxylation is 1. The number of hydrogen-bond donors (Lipinski definition) is 0. The number of halogens is 3. The van der Waals surface area contributed by atoms with Crippen LogP contribution in [0.15, 0.2) is 116 Å². The molecule has 336 valence electrons. The number of piperidine rings is 1. The van der Waals surface area contributed by atoms with Gasteiger partial charge in [0.15, 0.2) is 17.1 Å². The average Bonchev–Trinajstić information content (AvgIpc) is 3.70. The summed E-state index contributed by atoms with van der Waals surface area (Å²) in [7, 11) is 1.49. The summed E-state index contributed by atoms with van der Waals surface area (Å²) in [6.07, 6.45) is 9.34. The van der Waals surface area contributed by atoms with E-state index in [1.807, 2.05) is 42.2 Å². The Labute approximate surface area is 384 Å². The van der Waals surface area contributed by atoms with Crippen LogP contribution in [0.3, 0.4) is 0 Å².